The lowest BCUT2D eigenvalue weighted by atomic mass is 10.1. The van der Waals surface area contributed by atoms with E-state index >= 15 is 0 Å². The molecular formula is C23H29FN2O2. The van der Waals surface area contributed by atoms with Gasteiger partial charge in [0.25, 0.3) is 0 Å². The van der Waals surface area contributed by atoms with Crippen molar-refractivity contribution in [2.75, 3.05) is 0 Å². The second kappa shape index (κ2) is 9.00. The van der Waals surface area contributed by atoms with Gasteiger partial charge in [-0.15, -0.1) is 0 Å². The highest BCUT2D eigenvalue weighted by atomic mass is 19.1. The summed E-state index contributed by atoms with van der Waals surface area (Å²) in [6.45, 7) is 9.34. The molecule has 0 unspecified atom stereocenters. The first kappa shape index (κ1) is 21.6. The molecule has 0 spiro atoms. The molecule has 0 radical (unpaired) electrons. The molecule has 28 heavy (non-hydrogen) atoms. The Morgan fingerprint density at radius 3 is 2.25 bits per heavy atom. The third-order valence-corrected chi connectivity index (χ3v) is 4.44. The third-order valence-electron chi connectivity index (χ3n) is 4.44. The summed E-state index contributed by atoms with van der Waals surface area (Å²) in [5.41, 5.74) is 1.93. The van der Waals surface area contributed by atoms with E-state index in [0.717, 1.165) is 11.1 Å². The van der Waals surface area contributed by atoms with Crippen LogP contribution < -0.4 is 5.32 Å². The molecule has 0 bridgehead atoms. The number of hydrogen-bond donors (Lipinski definition) is 1. The van der Waals surface area contributed by atoms with Crippen LogP contribution in [0.5, 0.6) is 0 Å². The van der Waals surface area contributed by atoms with Gasteiger partial charge in [-0.25, -0.2) is 4.39 Å². The lowest BCUT2D eigenvalue weighted by Crippen LogP contribution is -2.52. The first-order valence-electron chi connectivity index (χ1n) is 9.47. The summed E-state index contributed by atoms with van der Waals surface area (Å²) in [5, 5.41) is 2.90. The summed E-state index contributed by atoms with van der Waals surface area (Å²) in [6, 6.07) is 13.3. The number of rotatable bonds is 6. The molecule has 0 aliphatic heterocycles. The Morgan fingerprint density at radius 1 is 1.07 bits per heavy atom. The number of carbonyl (C=O) groups is 2. The van der Waals surface area contributed by atoms with E-state index < -0.39 is 11.6 Å². The van der Waals surface area contributed by atoms with Gasteiger partial charge in [0, 0.05) is 17.6 Å². The summed E-state index contributed by atoms with van der Waals surface area (Å²) in [7, 11) is 0. The van der Waals surface area contributed by atoms with E-state index in [2.05, 4.69) is 5.32 Å². The van der Waals surface area contributed by atoms with E-state index in [1.165, 1.54) is 11.0 Å². The second-order valence-electron chi connectivity index (χ2n) is 8.19. The molecule has 150 valence electrons. The number of benzene rings is 2. The van der Waals surface area contributed by atoms with Crippen molar-refractivity contribution in [1.29, 1.82) is 0 Å². The molecule has 4 nitrogen and oxygen atoms in total. The van der Waals surface area contributed by atoms with Gasteiger partial charge in [-0.05, 0) is 46.2 Å². The summed E-state index contributed by atoms with van der Waals surface area (Å²) >= 11 is 0. The molecular weight excluding hydrogens is 355 g/mol. The van der Waals surface area contributed by atoms with Crippen LogP contribution in [-0.4, -0.2) is 28.3 Å². The zero-order valence-corrected chi connectivity index (χ0v) is 17.3. The van der Waals surface area contributed by atoms with Crippen molar-refractivity contribution < 1.29 is 14.0 Å². The van der Waals surface area contributed by atoms with E-state index in [-0.39, 0.29) is 30.6 Å². The Balaban J connectivity index is 2.26. The molecule has 2 rings (SSSR count). The predicted octanol–water partition coefficient (Wildman–Crippen LogP) is 4.01. The van der Waals surface area contributed by atoms with Crippen molar-refractivity contribution in [3.8, 4) is 0 Å². The van der Waals surface area contributed by atoms with Crippen LogP contribution in [0.1, 0.15) is 44.4 Å². The van der Waals surface area contributed by atoms with E-state index in [1.807, 2.05) is 52.0 Å². The van der Waals surface area contributed by atoms with Crippen molar-refractivity contribution in [2.45, 2.75) is 59.2 Å². The highest BCUT2D eigenvalue weighted by molar-refractivity contribution is 5.88. The van der Waals surface area contributed by atoms with Gasteiger partial charge in [0.15, 0.2) is 0 Å². The molecule has 0 aliphatic rings. The Labute approximate surface area is 166 Å². The summed E-state index contributed by atoms with van der Waals surface area (Å²) < 4.78 is 14.2. The van der Waals surface area contributed by atoms with Gasteiger partial charge in [0.2, 0.25) is 11.8 Å². The van der Waals surface area contributed by atoms with E-state index in [9.17, 15) is 14.0 Å². The maximum atomic E-state index is 14.2. The fourth-order valence-electron chi connectivity index (χ4n) is 2.85. The minimum atomic E-state index is -0.725. The average Bonchev–Trinajstić information content (AvgIpc) is 2.61. The molecule has 0 aromatic heterocycles. The molecule has 1 atom stereocenters. The smallest absolute Gasteiger partial charge is 0.242 e. The zero-order valence-electron chi connectivity index (χ0n) is 17.3. The minimum absolute atomic E-state index is 0.0378. The van der Waals surface area contributed by atoms with Gasteiger partial charge in [0.1, 0.15) is 11.9 Å². The van der Waals surface area contributed by atoms with Crippen LogP contribution >= 0.6 is 0 Å². The van der Waals surface area contributed by atoms with Crippen LogP contribution in [0.25, 0.3) is 0 Å². The predicted molar refractivity (Wildman–Crippen MR) is 109 cm³/mol. The molecule has 0 aliphatic carbocycles. The van der Waals surface area contributed by atoms with Crippen LogP contribution in [0.15, 0.2) is 48.5 Å². The topological polar surface area (TPSA) is 49.4 Å². The second-order valence-corrected chi connectivity index (χ2v) is 8.19. The molecule has 5 heteroatoms. The number of carbonyl (C=O) groups excluding carboxylic acids is 2. The minimum Gasteiger partial charge on any atom is -0.350 e. The Kier molecular flexibility index (Phi) is 6.95. The molecule has 1 N–H and O–H groups in total. The van der Waals surface area contributed by atoms with Gasteiger partial charge < -0.3 is 10.2 Å². The molecule has 2 amide bonds. The fraction of sp³-hybridized carbons (Fsp3) is 0.391. The lowest BCUT2D eigenvalue weighted by Gasteiger charge is -2.31. The van der Waals surface area contributed by atoms with Crippen LogP contribution in [0.2, 0.25) is 0 Å². The maximum absolute atomic E-state index is 14.2. The van der Waals surface area contributed by atoms with Gasteiger partial charge >= 0.3 is 0 Å². The van der Waals surface area contributed by atoms with E-state index in [4.69, 9.17) is 0 Å². The average molecular weight is 384 g/mol. The maximum Gasteiger partial charge on any atom is 0.242 e. The lowest BCUT2D eigenvalue weighted by molar-refractivity contribution is -0.140. The van der Waals surface area contributed by atoms with Crippen LogP contribution in [0.3, 0.4) is 0 Å². The quantitative estimate of drug-likeness (QED) is 0.818. The van der Waals surface area contributed by atoms with Gasteiger partial charge in [-0.1, -0.05) is 48.0 Å². The standard InChI is InChI=1S/C23H29FN2O2/c1-16-10-12-18(13-11-16)14-21(27)26(15-19-8-6-7-9-20(19)24)17(2)22(28)25-23(3,4)5/h6-13,17H,14-15H2,1-5H3,(H,25,28)/t17-/m1/s1. The summed E-state index contributed by atoms with van der Waals surface area (Å²) in [6.07, 6.45) is 0.155. The molecule has 2 aromatic carbocycles. The molecule has 0 heterocycles. The van der Waals surface area contributed by atoms with Crippen molar-refractivity contribution in [3.63, 3.8) is 0 Å². The Morgan fingerprint density at radius 2 is 1.68 bits per heavy atom. The van der Waals surface area contributed by atoms with Crippen LogP contribution in [-0.2, 0) is 22.6 Å². The molecule has 0 saturated heterocycles. The number of halogens is 1. The largest absolute Gasteiger partial charge is 0.350 e. The van der Waals surface area contributed by atoms with Crippen molar-refractivity contribution >= 4 is 11.8 Å². The fourth-order valence-corrected chi connectivity index (χ4v) is 2.85. The van der Waals surface area contributed by atoms with Crippen molar-refractivity contribution in [3.05, 3.63) is 71.0 Å². The Bertz CT molecular complexity index is 825. The first-order chi connectivity index (χ1) is 13.1. The van der Waals surface area contributed by atoms with Crippen molar-refractivity contribution in [1.82, 2.24) is 10.2 Å². The summed E-state index contributed by atoms with van der Waals surface area (Å²) in [5.74, 6) is -0.871. The number of aryl methyl sites for hydroxylation is 1. The number of amides is 2. The SMILES string of the molecule is Cc1ccc(CC(=O)N(Cc2ccccc2F)[C@H](C)C(=O)NC(C)(C)C)cc1. The van der Waals surface area contributed by atoms with Crippen LogP contribution in [0.4, 0.5) is 4.39 Å². The number of hydrogen-bond acceptors (Lipinski definition) is 2. The van der Waals surface area contributed by atoms with Gasteiger partial charge in [-0.2, -0.15) is 0 Å². The van der Waals surface area contributed by atoms with E-state index in [1.54, 1.807) is 25.1 Å². The third kappa shape index (κ3) is 6.19. The van der Waals surface area contributed by atoms with Crippen LogP contribution in [0, 0.1) is 12.7 Å². The normalized spacial score (nSPS) is 12.4. The zero-order chi connectivity index (χ0) is 20.9. The highest BCUT2D eigenvalue weighted by Gasteiger charge is 2.28. The van der Waals surface area contributed by atoms with E-state index in [0.29, 0.717) is 5.56 Å². The summed E-state index contributed by atoms with van der Waals surface area (Å²) in [4.78, 5) is 27.2. The van der Waals surface area contributed by atoms with Gasteiger partial charge in [0.05, 0.1) is 6.42 Å². The number of nitrogens with zero attached hydrogens (tertiary/aromatic N) is 1. The molecule has 2 aromatic rings. The first-order valence-corrected chi connectivity index (χ1v) is 9.47. The number of nitrogens with one attached hydrogen (secondary N) is 1. The Hall–Kier alpha value is -2.69. The molecule has 0 fully saturated rings. The molecule has 0 saturated carbocycles. The highest BCUT2D eigenvalue weighted by Crippen LogP contribution is 2.16. The monoisotopic (exact) mass is 384 g/mol. The van der Waals surface area contributed by atoms with Gasteiger partial charge in [-0.3, -0.25) is 9.59 Å². The van der Waals surface area contributed by atoms with Crippen molar-refractivity contribution in [2.24, 2.45) is 0 Å².